The summed E-state index contributed by atoms with van der Waals surface area (Å²) in [6, 6.07) is 0.539. The van der Waals surface area contributed by atoms with Crippen LogP contribution in [0, 0.1) is 5.92 Å². The number of nitrogens with one attached hydrogen (secondary N) is 2. The zero-order valence-corrected chi connectivity index (χ0v) is 19.1. The van der Waals surface area contributed by atoms with Crippen molar-refractivity contribution < 1.29 is 0 Å². The van der Waals surface area contributed by atoms with Crippen LogP contribution in [0.1, 0.15) is 52.3 Å². The molecule has 1 aromatic rings. The molecule has 1 aromatic heterocycles. The van der Waals surface area contributed by atoms with E-state index < -0.39 is 0 Å². The van der Waals surface area contributed by atoms with Crippen molar-refractivity contribution in [3.8, 4) is 0 Å². The summed E-state index contributed by atoms with van der Waals surface area (Å²) in [7, 11) is 1.94. The van der Waals surface area contributed by atoms with E-state index in [1.165, 1.54) is 38.8 Å². The number of aliphatic imine (C=N–C) groups is 1. The molecule has 0 spiro atoms. The number of rotatable bonds is 7. The van der Waals surface area contributed by atoms with E-state index in [4.69, 9.17) is 0 Å². The van der Waals surface area contributed by atoms with Crippen molar-refractivity contribution >= 4 is 29.9 Å². The molecule has 0 aliphatic carbocycles. The maximum Gasteiger partial charge on any atom is 0.191 e. The molecule has 2 N–H and O–H groups in total. The van der Waals surface area contributed by atoms with Gasteiger partial charge in [-0.25, -0.2) is 4.99 Å². The molecule has 0 radical (unpaired) electrons. The van der Waals surface area contributed by atoms with Crippen LogP contribution in [0.5, 0.6) is 0 Å². The van der Waals surface area contributed by atoms with E-state index in [2.05, 4.69) is 51.5 Å². The average molecular weight is 477 g/mol. The standard InChI is InChI=1S/C18H35N7.HI/c1-5-19-18(21-13-17-23-22-14-24(17)4)20-12-16(15(2)3)25-10-8-6-7-9-11-25;/h14-16H,5-13H2,1-4H3,(H2,19,20,21);1H. The van der Waals surface area contributed by atoms with Gasteiger partial charge in [-0.15, -0.1) is 34.2 Å². The van der Waals surface area contributed by atoms with E-state index in [0.29, 0.717) is 18.5 Å². The smallest absolute Gasteiger partial charge is 0.191 e. The third kappa shape index (κ3) is 7.38. The number of aromatic nitrogens is 3. The highest BCUT2D eigenvalue weighted by molar-refractivity contribution is 14.0. The molecular weight excluding hydrogens is 441 g/mol. The first-order valence-electron chi connectivity index (χ1n) is 9.71. The van der Waals surface area contributed by atoms with Gasteiger partial charge in [-0.05, 0) is 38.8 Å². The van der Waals surface area contributed by atoms with Gasteiger partial charge in [0.05, 0.1) is 0 Å². The van der Waals surface area contributed by atoms with Crippen LogP contribution >= 0.6 is 24.0 Å². The van der Waals surface area contributed by atoms with Gasteiger partial charge >= 0.3 is 0 Å². The van der Waals surface area contributed by atoms with Crippen LogP contribution < -0.4 is 10.6 Å². The second kappa shape index (κ2) is 12.5. The molecule has 1 aliphatic rings. The van der Waals surface area contributed by atoms with Gasteiger partial charge in [0.1, 0.15) is 12.9 Å². The van der Waals surface area contributed by atoms with Crippen LogP contribution in [0.15, 0.2) is 11.3 Å². The zero-order valence-electron chi connectivity index (χ0n) is 16.7. The Balaban J connectivity index is 0.00000338. The number of aryl methyl sites for hydroxylation is 1. The van der Waals surface area contributed by atoms with Gasteiger partial charge in [0.25, 0.3) is 0 Å². The monoisotopic (exact) mass is 477 g/mol. The maximum atomic E-state index is 4.66. The second-order valence-electron chi connectivity index (χ2n) is 7.20. The quantitative estimate of drug-likeness (QED) is 0.359. The Morgan fingerprint density at radius 3 is 2.42 bits per heavy atom. The molecule has 0 bridgehead atoms. The number of hydrogen-bond acceptors (Lipinski definition) is 4. The number of likely N-dealkylation sites (tertiary alicyclic amines) is 1. The largest absolute Gasteiger partial charge is 0.357 e. The molecule has 7 nitrogen and oxygen atoms in total. The predicted molar refractivity (Wildman–Crippen MR) is 118 cm³/mol. The first kappa shape index (κ1) is 23.1. The van der Waals surface area contributed by atoms with E-state index in [1.807, 2.05) is 11.6 Å². The van der Waals surface area contributed by atoms with Crippen molar-refractivity contribution in [2.45, 2.75) is 59.0 Å². The molecule has 2 heterocycles. The first-order valence-corrected chi connectivity index (χ1v) is 9.71. The van der Waals surface area contributed by atoms with Crippen molar-refractivity contribution in [2.75, 3.05) is 26.2 Å². The number of halogens is 1. The molecular formula is C18H36IN7. The number of guanidine groups is 1. The molecule has 1 fully saturated rings. The topological polar surface area (TPSA) is 70.4 Å². The van der Waals surface area contributed by atoms with Crippen LogP contribution in [0.2, 0.25) is 0 Å². The summed E-state index contributed by atoms with van der Waals surface area (Å²) in [5.74, 6) is 2.34. The summed E-state index contributed by atoms with van der Waals surface area (Å²) in [4.78, 5) is 7.33. The van der Waals surface area contributed by atoms with Crippen molar-refractivity contribution in [1.29, 1.82) is 0 Å². The van der Waals surface area contributed by atoms with Gasteiger partial charge in [0, 0.05) is 26.2 Å². The lowest BCUT2D eigenvalue weighted by Crippen LogP contribution is -2.49. The van der Waals surface area contributed by atoms with E-state index >= 15 is 0 Å². The summed E-state index contributed by atoms with van der Waals surface area (Å²) in [5, 5.41) is 14.9. The SMILES string of the molecule is CCNC(=NCc1nncn1C)NCC(C(C)C)N1CCCCCC1.I. The van der Waals surface area contributed by atoms with Crippen molar-refractivity contribution in [1.82, 2.24) is 30.3 Å². The Hall–Kier alpha value is -0.900. The Morgan fingerprint density at radius 1 is 1.19 bits per heavy atom. The Morgan fingerprint density at radius 2 is 1.88 bits per heavy atom. The number of nitrogens with zero attached hydrogens (tertiary/aromatic N) is 5. The van der Waals surface area contributed by atoms with Crippen LogP contribution in [0.4, 0.5) is 0 Å². The fraction of sp³-hybridized carbons (Fsp3) is 0.833. The predicted octanol–water partition coefficient (Wildman–Crippen LogP) is 2.39. The molecule has 0 aromatic carbocycles. The highest BCUT2D eigenvalue weighted by Gasteiger charge is 2.22. The molecule has 1 saturated heterocycles. The highest BCUT2D eigenvalue weighted by atomic mass is 127. The molecule has 8 heteroatoms. The van der Waals surface area contributed by atoms with E-state index in [-0.39, 0.29) is 24.0 Å². The second-order valence-corrected chi connectivity index (χ2v) is 7.20. The van der Waals surface area contributed by atoms with Gasteiger partial charge in [0.2, 0.25) is 0 Å². The van der Waals surface area contributed by atoms with E-state index in [1.54, 1.807) is 6.33 Å². The zero-order chi connectivity index (χ0) is 18.1. The van der Waals surface area contributed by atoms with E-state index in [9.17, 15) is 0 Å². The Bertz CT molecular complexity index is 521. The van der Waals surface area contributed by atoms with Gasteiger partial charge in [0.15, 0.2) is 11.8 Å². The fourth-order valence-corrected chi connectivity index (χ4v) is 3.36. The Kier molecular flexibility index (Phi) is 11.1. The normalized spacial score (nSPS) is 17.5. The lowest BCUT2D eigenvalue weighted by Gasteiger charge is -2.34. The van der Waals surface area contributed by atoms with Gasteiger partial charge < -0.3 is 15.2 Å². The van der Waals surface area contributed by atoms with E-state index in [0.717, 1.165) is 24.9 Å². The minimum Gasteiger partial charge on any atom is -0.357 e. The molecule has 0 saturated carbocycles. The van der Waals surface area contributed by atoms with Gasteiger partial charge in [-0.2, -0.15) is 0 Å². The van der Waals surface area contributed by atoms with Gasteiger partial charge in [-0.3, -0.25) is 4.90 Å². The summed E-state index contributed by atoms with van der Waals surface area (Å²) in [5.41, 5.74) is 0. The third-order valence-corrected chi connectivity index (χ3v) is 4.89. The molecule has 1 unspecified atom stereocenters. The van der Waals surface area contributed by atoms with Crippen LogP contribution in [-0.2, 0) is 13.6 Å². The lowest BCUT2D eigenvalue weighted by molar-refractivity contribution is 0.161. The lowest BCUT2D eigenvalue weighted by atomic mass is 10.0. The first-order chi connectivity index (χ1) is 12.1. The van der Waals surface area contributed by atoms with Crippen LogP contribution in [0.25, 0.3) is 0 Å². The molecule has 0 amide bonds. The van der Waals surface area contributed by atoms with Crippen LogP contribution in [-0.4, -0.2) is 57.8 Å². The Labute approximate surface area is 175 Å². The molecule has 1 aliphatic heterocycles. The van der Waals surface area contributed by atoms with Crippen molar-refractivity contribution in [3.63, 3.8) is 0 Å². The summed E-state index contributed by atoms with van der Waals surface area (Å²) < 4.78 is 1.90. The summed E-state index contributed by atoms with van der Waals surface area (Å²) in [6.45, 7) is 11.5. The van der Waals surface area contributed by atoms with Gasteiger partial charge in [-0.1, -0.05) is 26.7 Å². The molecule has 2 rings (SSSR count). The van der Waals surface area contributed by atoms with Crippen molar-refractivity contribution in [2.24, 2.45) is 18.0 Å². The third-order valence-electron chi connectivity index (χ3n) is 4.89. The maximum absolute atomic E-state index is 4.66. The minimum absolute atomic E-state index is 0. The molecule has 1 atom stereocenters. The minimum atomic E-state index is 0. The molecule has 26 heavy (non-hydrogen) atoms. The van der Waals surface area contributed by atoms with Crippen LogP contribution in [0.3, 0.4) is 0 Å². The summed E-state index contributed by atoms with van der Waals surface area (Å²) in [6.07, 6.45) is 7.10. The summed E-state index contributed by atoms with van der Waals surface area (Å²) >= 11 is 0. The van der Waals surface area contributed by atoms with Crippen molar-refractivity contribution in [3.05, 3.63) is 12.2 Å². The molecule has 150 valence electrons. The number of hydrogen-bond donors (Lipinski definition) is 2. The fourth-order valence-electron chi connectivity index (χ4n) is 3.36. The highest BCUT2D eigenvalue weighted by Crippen LogP contribution is 2.17. The average Bonchev–Trinajstić information content (AvgIpc) is 2.83.